The highest BCUT2D eigenvalue weighted by molar-refractivity contribution is 6.31. The van der Waals surface area contributed by atoms with Crippen LogP contribution in [0.25, 0.3) is 16.6 Å². The first-order chi connectivity index (χ1) is 18.7. The number of hydrogen-bond donors (Lipinski definition) is 4. The standard InChI is InChI=1S/C23H26ClFN4O2.C4H4O4/c1-2-26-10-11-28-19(14-27-23(28)30)9-12-31-22-15-29(18-6-4-17(25)5-7-18)21-8-3-16(24)13-20(21)22;5-3(6)1-2-4(7)8/h3-8,13,15,19,26H,2,9-12,14H2,1H3,(H,27,30);1-2H,(H,5,6)(H,7,8)/b;2-1-. The predicted octanol–water partition coefficient (Wildman–Crippen LogP) is 3.91. The van der Waals surface area contributed by atoms with E-state index in [0.717, 1.165) is 29.7 Å². The maximum absolute atomic E-state index is 13.4. The van der Waals surface area contributed by atoms with Crippen LogP contribution in [0.1, 0.15) is 13.3 Å². The van der Waals surface area contributed by atoms with Crippen molar-refractivity contribution in [3.63, 3.8) is 0 Å². The van der Waals surface area contributed by atoms with E-state index in [-0.39, 0.29) is 17.9 Å². The van der Waals surface area contributed by atoms with Crippen molar-refractivity contribution >= 4 is 40.5 Å². The molecule has 4 rings (SSSR count). The minimum atomic E-state index is -1.26. The lowest BCUT2D eigenvalue weighted by Crippen LogP contribution is -2.39. The average Bonchev–Trinajstić information content (AvgIpc) is 3.43. The minimum Gasteiger partial charge on any atom is -0.491 e. The molecule has 1 aliphatic rings. The molecule has 0 aliphatic carbocycles. The van der Waals surface area contributed by atoms with Crippen LogP contribution in [0, 0.1) is 5.82 Å². The fraction of sp³-hybridized carbons (Fsp3) is 0.296. The van der Waals surface area contributed by atoms with Gasteiger partial charge in [0.25, 0.3) is 0 Å². The summed E-state index contributed by atoms with van der Waals surface area (Å²) in [5.74, 6) is -2.09. The Morgan fingerprint density at radius 1 is 1.18 bits per heavy atom. The second kappa shape index (κ2) is 14.2. The zero-order valence-corrected chi connectivity index (χ0v) is 22.0. The summed E-state index contributed by atoms with van der Waals surface area (Å²) in [4.78, 5) is 33.1. The molecule has 1 saturated heterocycles. The van der Waals surface area contributed by atoms with Gasteiger partial charge in [0, 0.05) is 54.3 Å². The zero-order valence-electron chi connectivity index (χ0n) is 21.3. The second-order valence-corrected chi connectivity index (χ2v) is 8.97. The van der Waals surface area contributed by atoms with Crippen molar-refractivity contribution in [3.05, 3.63) is 71.7 Å². The summed E-state index contributed by atoms with van der Waals surface area (Å²) in [6.07, 6.45) is 3.73. The quantitative estimate of drug-likeness (QED) is 0.206. The summed E-state index contributed by atoms with van der Waals surface area (Å²) >= 11 is 6.23. The Balaban J connectivity index is 0.000000459. The lowest BCUT2D eigenvalue weighted by atomic mass is 10.2. The van der Waals surface area contributed by atoms with Crippen molar-refractivity contribution in [2.45, 2.75) is 19.4 Å². The summed E-state index contributed by atoms with van der Waals surface area (Å²) in [5, 5.41) is 23.3. The van der Waals surface area contributed by atoms with Crippen molar-refractivity contribution in [1.82, 2.24) is 20.1 Å². The molecule has 1 atom stereocenters. The van der Waals surface area contributed by atoms with Gasteiger partial charge in [-0.1, -0.05) is 18.5 Å². The van der Waals surface area contributed by atoms with Gasteiger partial charge in [-0.2, -0.15) is 0 Å². The van der Waals surface area contributed by atoms with Crippen LogP contribution in [0.4, 0.5) is 9.18 Å². The summed E-state index contributed by atoms with van der Waals surface area (Å²) < 4.78 is 21.5. The topological polar surface area (TPSA) is 133 Å². The number of likely N-dealkylation sites (N-methyl/N-ethyl adjacent to an activating group) is 1. The van der Waals surface area contributed by atoms with Gasteiger partial charge >= 0.3 is 18.0 Å². The van der Waals surface area contributed by atoms with E-state index in [1.807, 2.05) is 40.8 Å². The van der Waals surface area contributed by atoms with E-state index in [2.05, 4.69) is 10.6 Å². The van der Waals surface area contributed by atoms with Crippen LogP contribution in [-0.2, 0) is 9.59 Å². The van der Waals surface area contributed by atoms with Crippen molar-refractivity contribution in [3.8, 4) is 11.4 Å². The molecule has 1 fully saturated rings. The second-order valence-electron chi connectivity index (χ2n) is 8.54. The number of fused-ring (bicyclic) bond motifs is 1. The highest BCUT2D eigenvalue weighted by atomic mass is 35.5. The summed E-state index contributed by atoms with van der Waals surface area (Å²) in [7, 11) is 0. The first-order valence-electron chi connectivity index (χ1n) is 12.3. The number of amides is 2. The van der Waals surface area contributed by atoms with Crippen LogP contribution >= 0.6 is 11.6 Å². The molecule has 4 N–H and O–H groups in total. The monoisotopic (exact) mass is 560 g/mol. The smallest absolute Gasteiger partial charge is 0.328 e. The first-order valence-corrected chi connectivity index (χ1v) is 12.7. The molecule has 0 radical (unpaired) electrons. The van der Waals surface area contributed by atoms with Gasteiger partial charge < -0.3 is 35.1 Å². The maximum atomic E-state index is 13.4. The molecule has 3 aromatic rings. The van der Waals surface area contributed by atoms with Gasteiger partial charge in [0.15, 0.2) is 0 Å². The third kappa shape index (κ3) is 8.45. The van der Waals surface area contributed by atoms with Gasteiger partial charge in [-0.25, -0.2) is 18.8 Å². The van der Waals surface area contributed by atoms with E-state index in [4.69, 9.17) is 26.6 Å². The number of carboxylic acids is 2. The lowest BCUT2D eigenvalue weighted by Gasteiger charge is -2.23. The number of halogens is 2. The molecule has 1 aromatic heterocycles. The Labute approximate surface area is 229 Å². The number of carbonyl (C=O) groups excluding carboxylic acids is 1. The molecule has 2 aromatic carbocycles. The fourth-order valence-corrected chi connectivity index (χ4v) is 4.22. The molecular weight excluding hydrogens is 531 g/mol. The number of aliphatic carboxylic acids is 2. The van der Waals surface area contributed by atoms with Crippen LogP contribution in [0.2, 0.25) is 5.02 Å². The van der Waals surface area contributed by atoms with Gasteiger partial charge in [0.2, 0.25) is 0 Å². The SMILES string of the molecule is CCNCCN1C(=O)NCC1CCOc1cn(-c2ccc(F)cc2)c2ccc(Cl)cc12.O=C(O)/C=C\C(=O)O. The van der Waals surface area contributed by atoms with Crippen LogP contribution < -0.4 is 15.4 Å². The molecule has 0 spiro atoms. The Morgan fingerprint density at radius 3 is 2.51 bits per heavy atom. The number of urea groups is 1. The lowest BCUT2D eigenvalue weighted by molar-refractivity contribution is -0.134. The van der Waals surface area contributed by atoms with Crippen LogP contribution in [0.3, 0.4) is 0 Å². The number of carboxylic acid groups (broad SMARTS) is 2. The molecule has 2 amide bonds. The average molecular weight is 561 g/mol. The van der Waals surface area contributed by atoms with Gasteiger partial charge in [0.05, 0.1) is 24.4 Å². The number of nitrogens with one attached hydrogen (secondary N) is 2. The summed E-state index contributed by atoms with van der Waals surface area (Å²) in [6.45, 7) is 5.45. The van der Waals surface area contributed by atoms with Crippen molar-refractivity contribution < 1.29 is 33.7 Å². The third-order valence-electron chi connectivity index (χ3n) is 5.88. The number of nitrogens with zero attached hydrogens (tertiary/aromatic N) is 2. The third-order valence-corrected chi connectivity index (χ3v) is 6.12. The van der Waals surface area contributed by atoms with Gasteiger partial charge in [-0.15, -0.1) is 0 Å². The van der Waals surface area contributed by atoms with Crippen LogP contribution in [-0.4, -0.2) is 76.5 Å². The molecule has 1 unspecified atom stereocenters. The van der Waals surface area contributed by atoms with Crippen LogP contribution in [0.15, 0.2) is 60.8 Å². The normalized spacial score (nSPS) is 14.8. The molecule has 39 heavy (non-hydrogen) atoms. The number of carbonyl (C=O) groups is 3. The van der Waals surface area contributed by atoms with Gasteiger partial charge in [-0.05, 0) is 49.0 Å². The number of rotatable bonds is 11. The van der Waals surface area contributed by atoms with Crippen molar-refractivity contribution in [2.75, 3.05) is 32.8 Å². The van der Waals surface area contributed by atoms with Crippen LogP contribution in [0.5, 0.6) is 5.75 Å². The van der Waals surface area contributed by atoms with E-state index in [1.54, 1.807) is 12.1 Å². The van der Waals surface area contributed by atoms with Crippen molar-refractivity contribution in [1.29, 1.82) is 0 Å². The molecule has 12 heteroatoms. The first kappa shape index (κ1) is 29.5. The molecule has 208 valence electrons. The van der Waals surface area contributed by atoms with E-state index in [9.17, 15) is 18.8 Å². The van der Waals surface area contributed by atoms with Gasteiger partial charge in [0.1, 0.15) is 11.6 Å². The fourth-order valence-electron chi connectivity index (χ4n) is 4.05. The number of aromatic nitrogens is 1. The molecular formula is C27H30ClFN4O6. The maximum Gasteiger partial charge on any atom is 0.328 e. The predicted molar refractivity (Wildman–Crippen MR) is 145 cm³/mol. The molecule has 2 heterocycles. The van der Waals surface area contributed by atoms with E-state index < -0.39 is 11.9 Å². The number of ether oxygens (including phenoxy) is 1. The molecule has 0 saturated carbocycles. The molecule has 10 nitrogen and oxygen atoms in total. The van der Waals surface area contributed by atoms with Gasteiger partial charge in [-0.3, -0.25) is 0 Å². The zero-order chi connectivity index (χ0) is 28.4. The summed E-state index contributed by atoms with van der Waals surface area (Å²) in [6, 6.07) is 12.0. The Bertz CT molecular complexity index is 1310. The highest BCUT2D eigenvalue weighted by Crippen LogP contribution is 2.33. The summed E-state index contributed by atoms with van der Waals surface area (Å²) in [5.41, 5.74) is 1.76. The minimum absolute atomic E-state index is 0.0254. The van der Waals surface area contributed by atoms with E-state index in [0.29, 0.717) is 49.0 Å². The largest absolute Gasteiger partial charge is 0.491 e. The van der Waals surface area contributed by atoms with Crippen molar-refractivity contribution in [2.24, 2.45) is 0 Å². The number of benzene rings is 2. The molecule has 0 bridgehead atoms. The highest BCUT2D eigenvalue weighted by Gasteiger charge is 2.29. The Morgan fingerprint density at radius 2 is 1.87 bits per heavy atom. The Hall–Kier alpha value is -4.09. The number of hydrogen-bond acceptors (Lipinski definition) is 5. The van der Waals surface area contributed by atoms with E-state index >= 15 is 0 Å². The Kier molecular flexibility index (Phi) is 10.7. The van der Waals surface area contributed by atoms with E-state index in [1.165, 1.54) is 12.1 Å². The molecule has 1 aliphatic heterocycles.